The second-order valence-corrected chi connectivity index (χ2v) is 1.99. The highest BCUT2D eigenvalue weighted by Gasteiger charge is 2.11. The van der Waals surface area contributed by atoms with Crippen LogP contribution in [-0.2, 0) is 14.3 Å². The Balaban J connectivity index is 3.44. The topological polar surface area (TPSA) is 63.6 Å². The number of carbonyl (C=O) groups is 2. The van der Waals surface area contributed by atoms with E-state index in [9.17, 15) is 9.59 Å². The van der Waals surface area contributed by atoms with Crippen molar-refractivity contribution in [3.05, 3.63) is 0 Å². The van der Waals surface area contributed by atoms with E-state index in [2.05, 4.69) is 4.74 Å². The van der Waals surface area contributed by atoms with E-state index in [4.69, 9.17) is 5.11 Å². The summed E-state index contributed by atoms with van der Waals surface area (Å²) in [5.74, 6) is -1.33. The Bertz CT molecular complexity index is 141. The average Bonchev–Trinajstić information content (AvgIpc) is 2.03. The van der Waals surface area contributed by atoms with E-state index in [1.807, 2.05) is 0 Å². The standard InChI is InChI=1S/C7H12O4/c1-2-6(9)7(10)11-5-3-4-8/h8H,2-5H2,1H3. The van der Waals surface area contributed by atoms with Crippen LogP contribution in [0.5, 0.6) is 0 Å². The van der Waals surface area contributed by atoms with Crippen molar-refractivity contribution in [2.45, 2.75) is 19.8 Å². The van der Waals surface area contributed by atoms with Crippen molar-refractivity contribution in [2.24, 2.45) is 0 Å². The Morgan fingerprint density at radius 3 is 2.55 bits per heavy atom. The molecule has 0 unspecified atom stereocenters. The summed E-state index contributed by atoms with van der Waals surface area (Å²) in [5.41, 5.74) is 0. The third kappa shape index (κ3) is 4.50. The van der Waals surface area contributed by atoms with Crippen LogP contribution in [0.15, 0.2) is 0 Å². The lowest BCUT2D eigenvalue weighted by molar-refractivity contribution is -0.153. The molecule has 0 saturated heterocycles. The summed E-state index contributed by atoms with van der Waals surface area (Å²) >= 11 is 0. The number of esters is 1. The van der Waals surface area contributed by atoms with Crippen LogP contribution in [-0.4, -0.2) is 30.1 Å². The SMILES string of the molecule is CCC(=O)C(=O)OCCCO. The van der Waals surface area contributed by atoms with Crippen LogP contribution in [0.3, 0.4) is 0 Å². The molecule has 4 nitrogen and oxygen atoms in total. The van der Waals surface area contributed by atoms with Gasteiger partial charge in [0.1, 0.15) is 0 Å². The first-order valence-electron chi connectivity index (χ1n) is 3.53. The van der Waals surface area contributed by atoms with Gasteiger partial charge >= 0.3 is 5.97 Å². The summed E-state index contributed by atoms with van der Waals surface area (Å²) in [5, 5.41) is 8.30. The van der Waals surface area contributed by atoms with Gasteiger partial charge in [-0.25, -0.2) is 4.79 Å². The Labute approximate surface area is 65.2 Å². The molecule has 0 aliphatic carbocycles. The lowest BCUT2D eigenvalue weighted by atomic mass is 10.3. The minimum absolute atomic E-state index is 0.0341. The number of carbonyl (C=O) groups excluding carboxylic acids is 2. The van der Waals surface area contributed by atoms with Gasteiger partial charge in [-0.1, -0.05) is 6.92 Å². The van der Waals surface area contributed by atoms with E-state index in [1.54, 1.807) is 6.92 Å². The molecule has 4 heteroatoms. The zero-order valence-corrected chi connectivity index (χ0v) is 6.50. The Morgan fingerprint density at radius 1 is 1.45 bits per heavy atom. The molecule has 0 aliphatic rings. The second kappa shape index (κ2) is 5.85. The summed E-state index contributed by atoms with van der Waals surface area (Å²) in [7, 11) is 0. The predicted molar refractivity (Wildman–Crippen MR) is 38.0 cm³/mol. The molecule has 0 radical (unpaired) electrons. The van der Waals surface area contributed by atoms with Gasteiger partial charge in [0.2, 0.25) is 5.78 Å². The molecule has 0 bridgehead atoms. The van der Waals surface area contributed by atoms with E-state index >= 15 is 0 Å². The predicted octanol–water partition coefficient (Wildman–Crippen LogP) is -0.109. The number of rotatable bonds is 5. The fourth-order valence-corrected chi connectivity index (χ4v) is 0.454. The zero-order chi connectivity index (χ0) is 8.69. The minimum Gasteiger partial charge on any atom is -0.460 e. The largest absolute Gasteiger partial charge is 0.460 e. The number of ether oxygens (including phenoxy) is 1. The number of hydrogen-bond donors (Lipinski definition) is 1. The first-order chi connectivity index (χ1) is 5.22. The summed E-state index contributed by atoms with van der Waals surface area (Å²) in [6.45, 7) is 1.67. The first-order valence-corrected chi connectivity index (χ1v) is 3.53. The Hall–Kier alpha value is -0.900. The molecule has 0 fully saturated rings. The van der Waals surface area contributed by atoms with E-state index in [1.165, 1.54) is 0 Å². The summed E-state index contributed by atoms with van der Waals surface area (Å²) in [6.07, 6.45) is 0.542. The second-order valence-electron chi connectivity index (χ2n) is 1.99. The van der Waals surface area contributed by atoms with Crippen molar-refractivity contribution in [3.8, 4) is 0 Å². The molecule has 1 N–H and O–H groups in total. The van der Waals surface area contributed by atoms with Crippen molar-refractivity contribution in [1.82, 2.24) is 0 Å². The number of aliphatic hydroxyl groups is 1. The van der Waals surface area contributed by atoms with Crippen molar-refractivity contribution < 1.29 is 19.4 Å². The van der Waals surface area contributed by atoms with Crippen molar-refractivity contribution in [2.75, 3.05) is 13.2 Å². The highest BCUT2D eigenvalue weighted by molar-refractivity contribution is 6.33. The Kier molecular flexibility index (Phi) is 5.37. The lowest BCUT2D eigenvalue weighted by Gasteiger charge is -1.99. The normalized spacial score (nSPS) is 9.27. The molecule has 64 valence electrons. The molecule has 0 aliphatic heterocycles. The third-order valence-electron chi connectivity index (χ3n) is 1.08. The molecule has 0 rings (SSSR count). The summed E-state index contributed by atoms with van der Waals surface area (Å²) in [4.78, 5) is 21.2. The highest BCUT2D eigenvalue weighted by atomic mass is 16.5. The quantitative estimate of drug-likeness (QED) is 0.346. The molecule has 0 atom stereocenters. The summed E-state index contributed by atoms with van der Waals surface area (Å²) in [6, 6.07) is 0. The van der Waals surface area contributed by atoms with Gasteiger partial charge in [-0.2, -0.15) is 0 Å². The van der Waals surface area contributed by atoms with Crippen LogP contribution < -0.4 is 0 Å². The minimum atomic E-state index is -0.805. The van der Waals surface area contributed by atoms with Crippen molar-refractivity contribution in [3.63, 3.8) is 0 Å². The van der Waals surface area contributed by atoms with Gasteiger partial charge in [0.15, 0.2) is 0 Å². The van der Waals surface area contributed by atoms with Crippen LogP contribution in [0.4, 0.5) is 0 Å². The van der Waals surface area contributed by atoms with E-state index in [-0.39, 0.29) is 19.6 Å². The molecular formula is C7H12O4. The number of hydrogen-bond acceptors (Lipinski definition) is 4. The van der Waals surface area contributed by atoms with Crippen molar-refractivity contribution >= 4 is 11.8 Å². The van der Waals surface area contributed by atoms with Gasteiger partial charge in [-0.15, -0.1) is 0 Å². The average molecular weight is 160 g/mol. The molecule has 0 amide bonds. The number of aliphatic hydroxyl groups excluding tert-OH is 1. The van der Waals surface area contributed by atoms with Crippen LogP contribution in [0.25, 0.3) is 0 Å². The van der Waals surface area contributed by atoms with Gasteiger partial charge in [0.05, 0.1) is 6.61 Å². The van der Waals surface area contributed by atoms with Gasteiger partial charge < -0.3 is 9.84 Å². The first kappa shape index (κ1) is 10.1. The fraction of sp³-hybridized carbons (Fsp3) is 0.714. The molecule has 0 aromatic heterocycles. The van der Waals surface area contributed by atoms with Crippen LogP contribution in [0.1, 0.15) is 19.8 Å². The Morgan fingerprint density at radius 2 is 2.09 bits per heavy atom. The fourth-order valence-electron chi connectivity index (χ4n) is 0.454. The van der Waals surface area contributed by atoms with Crippen LogP contribution >= 0.6 is 0 Å². The summed E-state index contributed by atoms with van der Waals surface area (Å²) < 4.78 is 4.49. The van der Waals surface area contributed by atoms with Crippen molar-refractivity contribution in [1.29, 1.82) is 0 Å². The maximum absolute atomic E-state index is 10.6. The molecule has 0 aromatic rings. The molecule has 0 aromatic carbocycles. The number of Topliss-reactive ketones (excluding diaryl/α,β-unsaturated/α-hetero) is 1. The van der Waals surface area contributed by atoms with Crippen LogP contribution in [0.2, 0.25) is 0 Å². The molecule has 0 heterocycles. The van der Waals surface area contributed by atoms with E-state index in [0.29, 0.717) is 6.42 Å². The highest BCUT2D eigenvalue weighted by Crippen LogP contribution is 1.88. The molecule has 0 spiro atoms. The zero-order valence-electron chi connectivity index (χ0n) is 6.50. The molecule has 11 heavy (non-hydrogen) atoms. The smallest absolute Gasteiger partial charge is 0.374 e. The lowest BCUT2D eigenvalue weighted by Crippen LogP contribution is -2.17. The third-order valence-corrected chi connectivity index (χ3v) is 1.08. The monoisotopic (exact) mass is 160 g/mol. The van der Waals surface area contributed by atoms with Gasteiger partial charge in [0, 0.05) is 19.4 Å². The maximum Gasteiger partial charge on any atom is 0.374 e. The maximum atomic E-state index is 10.6. The molecular weight excluding hydrogens is 148 g/mol. The van der Waals surface area contributed by atoms with E-state index < -0.39 is 11.8 Å². The van der Waals surface area contributed by atoms with Crippen LogP contribution in [0, 0.1) is 0 Å². The van der Waals surface area contributed by atoms with E-state index in [0.717, 1.165) is 0 Å². The number of ketones is 1. The van der Waals surface area contributed by atoms with Gasteiger partial charge in [-0.3, -0.25) is 4.79 Å². The van der Waals surface area contributed by atoms with Gasteiger partial charge in [0.25, 0.3) is 0 Å². The van der Waals surface area contributed by atoms with Gasteiger partial charge in [-0.05, 0) is 0 Å². The molecule has 0 saturated carbocycles.